The molecule has 3 atom stereocenters. The van der Waals surface area contributed by atoms with Gasteiger partial charge in [0.2, 0.25) is 0 Å². The molecular weight excluding hydrogens is 505 g/mol. The first-order chi connectivity index (χ1) is 18.2. The summed E-state index contributed by atoms with van der Waals surface area (Å²) in [5.74, 6) is 1.22. The van der Waals surface area contributed by atoms with Crippen molar-refractivity contribution in [3.8, 4) is 27.8 Å². The van der Waals surface area contributed by atoms with Gasteiger partial charge in [-0.15, -0.1) is 11.3 Å². The van der Waals surface area contributed by atoms with Gasteiger partial charge in [0.15, 0.2) is 10.8 Å². The summed E-state index contributed by atoms with van der Waals surface area (Å²) in [7, 11) is 0. The summed E-state index contributed by atoms with van der Waals surface area (Å²) in [5.41, 5.74) is 1.31. The Kier molecular flexibility index (Phi) is 5.96. The number of aromatic nitrogens is 4. The maximum Gasteiger partial charge on any atom is 0.265 e. The number of pyridine rings is 1. The fraction of sp³-hybridized carbons (Fsp3) is 0.321. The molecule has 1 amide bonds. The Labute approximate surface area is 223 Å². The van der Waals surface area contributed by atoms with E-state index in [2.05, 4.69) is 19.9 Å². The summed E-state index contributed by atoms with van der Waals surface area (Å²) in [6.07, 6.45) is 3.29. The molecule has 4 aromatic rings. The SMILES string of the molecule is Cc1nc(-c2ncccn2)sc1C(=O)N1C[C@@H]2[C@H](C1)[C@@H]2Oc1cc(-c2ccc(F)cc2)nc(C(C)(C)O)c1. The van der Waals surface area contributed by atoms with Crippen molar-refractivity contribution in [1.82, 2.24) is 24.8 Å². The molecule has 38 heavy (non-hydrogen) atoms. The molecule has 4 heterocycles. The summed E-state index contributed by atoms with van der Waals surface area (Å²) in [6, 6.07) is 11.4. The second kappa shape index (κ2) is 9.21. The Morgan fingerprint density at radius 1 is 1.11 bits per heavy atom. The van der Waals surface area contributed by atoms with Gasteiger partial charge in [0.05, 0.1) is 17.1 Å². The van der Waals surface area contributed by atoms with Gasteiger partial charge >= 0.3 is 0 Å². The predicted molar refractivity (Wildman–Crippen MR) is 140 cm³/mol. The van der Waals surface area contributed by atoms with Crippen LogP contribution in [0.15, 0.2) is 54.9 Å². The summed E-state index contributed by atoms with van der Waals surface area (Å²) < 4.78 is 19.8. The fourth-order valence-corrected chi connectivity index (χ4v) is 5.85. The largest absolute Gasteiger partial charge is 0.490 e. The van der Waals surface area contributed by atoms with Crippen LogP contribution in [-0.4, -0.2) is 55.0 Å². The monoisotopic (exact) mass is 531 g/mol. The molecule has 2 aliphatic rings. The zero-order chi connectivity index (χ0) is 26.6. The number of rotatable bonds is 6. The van der Waals surface area contributed by atoms with E-state index in [1.54, 1.807) is 50.5 Å². The van der Waals surface area contributed by atoms with Gasteiger partial charge in [-0.05, 0) is 51.1 Å². The second-order valence-corrected chi connectivity index (χ2v) is 11.3. The van der Waals surface area contributed by atoms with Gasteiger partial charge in [0.25, 0.3) is 5.91 Å². The number of halogens is 1. The Balaban J connectivity index is 1.16. The van der Waals surface area contributed by atoms with Crippen LogP contribution in [0.1, 0.15) is 34.9 Å². The first-order valence-corrected chi connectivity index (χ1v) is 13.2. The highest BCUT2D eigenvalue weighted by molar-refractivity contribution is 7.17. The average molecular weight is 532 g/mol. The summed E-state index contributed by atoms with van der Waals surface area (Å²) >= 11 is 1.32. The zero-order valence-corrected chi connectivity index (χ0v) is 21.9. The van der Waals surface area contributed by atoms with E-state index in [-0.39, 0.29) is 29.7 Å². The van der Waals surface area contributed by atoms with Crippen LogP contribution in [0.3, 0.4) is 0 Å². The smallest absolute Gasteiger partial charge is 0.265 e. The first-order valence-electron chi connectivity index (χ1n) is 12.4. The number of carbonyl (C=O) groups excluding carboxylic acids is 1. The molecule has 0 radical (unpaired) electrons. The van der Waals surface area contributed by atoms with Crippen LogP contribution < -0.4 is 4.74 Å². The number of hydrogen-bond donors (Lipinski definition) is 1. The molecule has 2 fully saturated rings. The number of carbonyl (C=O) groups is 1. The van der Waals surface area contributed by atoms with E-state index >= 15 is 0 Å². The number of hydrogen-bond acceptors (Lipinski definition) is 8. The molecule has 1 N–H and O–H groups in total. The van der Waals surface area contributed by atoms with Crippen molar-refractivity contribution in [2.24, 2.45) is 11.8 Å². The predicted octanol–water partition coefficient (Wildman–Crippen LogP) is 4.49. The minimum absolute atomic E-state index is 0.0204. The van der Waals surface area contributed by atoms with E-state index < -0.39 is 5.60 Å². The molecule has 1 aromatic carbocycles. The molecule has 1 aliphatic carbocycles. The van der Waals surface area contributed by atoms with Crippen LogP contribution in [0.5, 0.6) is 5.75 Å². The third-order valence-electron chi connectivity index (χ3n) is 6.99. The minimum atomic E-state index is -1.17. The molecule has 8 nitrogen and oxygen atoms in total. The zero-order valence-electron chi connectivity index (χ0n) is 21.1. The lowest BCUT2D eigenvalue weighted by atomic mass is 10.0. The Morgan fingerprint density at radius 2 is 1.79 bits per heavy atom. The summed E-state index contributed by atoms with van der Waals surface area (Å²) in [5, 5.41) is 11.2. The molecular formula is C28H26FN5O3S. The number of aliphatic hydroxyl groups is 1. The number of nitrogens with zero attached hydrogens (tertiary/aromatic N) is 5. The van der Waals surface area contributed by atoms with Crippen LogP contribution in [0.2, 0.25) is 0 Å². The molecule has 1 saturated carbocycles. The van der Waals surface area contributed by atoms with E-state index in [0.29, 0.717) is 51.6 Å². The normalized spacial score (nSPS) is 20.3. The number of thiazole rings is 1. The number of amides is 1. The van der Waals surface area contributed by atoms with E-state index in [1.807, 2.05) is 17.9 Å². The molecule has 1 saturated heterocycles. The van der Waals surface area contributed by atoms with Crippen LogP contribution in [0.4, 0.5) is 4.39 Å². The molecule has 0 bridgehead atoms. The highest BCUT2D eigenvalue weighted by Gasteiger charge is 2.59. The molecule has 194 valence electrons. The van der Waals surface area contributed by atoms with Crippen molar-refractivity contribution in [1.29, 1.82) is 0 Å². The van der Waals surface area contributed by atoms with E-state index in [0.717, 1.165) is 5.56 Å². The molecule has 1 aliphatic heterocycles. The third kappa shape index (κ3) is 4.65. The van der Waals surface area contributed by atoms with Gasteiger partial charge in [-0.1, -0.05) is 0 Å². The van der Waals surface area contributed by atoms with Crippen molar-refractivity contribution in [3.63, 3.8) is 0 Å². The lowest BCUT2D eigenvalue weighted by Crippen LogP contribution is -2.33. The Morgan fingerprint density at radius 3 is 2.45 bits per heavy atom. The van der Waals surface area contributed by atoms with Gasteiger partial charge in [0.1, 0.15) is 28.1 Å². The first kappa shape index (κ1) is 24.6. The van der Waals surface area contributed by atoms with Crippen molar-refractivity contribution in [3.05, 3.63) is 76.9 Å². The van der Waals surface area contributed by atoms with Crippen LogP contribution >= 0.6 is 11.3 Å². The van der Waals surface area contributed by atoms with Crippen LogP contribution in [0, 0.1) is 24.6 Å². The molecule has 10 heteroatoms. The Hall–Kier alpha value is -3.76. The van der Waals surface area contributed by atoms with Gasteiger partial charge in [-0.25, -0.2) is 24.3 Å². The van der Waals surface area contributed by atoms with Gasteiger partial charge in [0, 0.05) is 55.0 Å². The van der Waals surface area contributed by atoms with Crippen LogP contribution in [0.25, 0.3) is 22.1 Å². The average Bonchev–Trinajstić information content (AvgIpc) is 3.22. The topological polar surface area (TPSA) is 101 Å². The lowest BCUT2D eigenvalue weighted by molar-refractivity contribution is 0.0724. The van der Waals surface area contributed by atoms with Crippen molar-refractivity contribution in [2.45, 2.75) is 32.5 Å². The number of aryl methyl sites for hydroxylation is 1. The van der Waals surface area contributed by atoms with Gasteiger partial charge in [-0.3, -0.25) is 4.79 Å². The number of piperidine rings is 1. The molecule has 0 spiro atoms. The van der Waals surface area contributed by atoms with Gasteiger partial charge in [-0.2, -0.15) is 0 Å². The maximum atomic E-state index is 13.4. The Bertz CT molecular complexity index is 1490. The standard InChI is InChI=1S/C28H26FN5O3S/c1-15-24(38-26(32-15)25-30-9-4-10-31-25)27(35)34-13-19-20(14-34)23(19)37-18-11-21(16-5-7-17(29)8-6-16)33-22(12-18)28(2,3)36/h4-12,19-20,23,36H,13-14H2,1-3H3/t19-,20+,23-. The maximum absolute atomic E-state index is 13.4. The quantitative estimate of drug-likeness (QED) is 0.391. The van der Waals surface area contributed by atoms with Crippen molar-refractivity contribution >= 4 is 17.2 Å². The number of likely N-dealkylation sites (tertiary alicyclic amines) is 1. The van der Waals surface area contributed by atoms with Crippen molar-refractivity contribution < 1.29 is 19.0 Å². The van der Waals surface area contributed by atoms with E-state index in [4.69, 9.17) is 4.74 Å². The molecule has 0 unspecified atom stereocenters. The minimum Gasteiger partial charge on any atom is -0.490 e. The van der Waals surface area contributed by atoms with Crippen LogP contribution in [-0.2, 0) is 5.60 Å². The third-order valence-corrected chi connectivity index (χ3v) is 8.13. The van der Waals surface area contributed by atoms with Gasteiger partial charge < -0.3 is 14.7 Å². The van der Waals surface area contributed by atoms with E-state index in [9.17, 15) is 14.3 Å². The van der Waals surface area contributed by atoms with E-state index in [1.165, 1.54) is 23.5 Å². The van der Waals surface area contributed by atoms with Crippen molar-refractivity contribution in [2.75, 3.05) is 13.1 Å². The summed E-state index contributed by atoms with van der Waals surface area (Å²) in [4.78, 5) is 33.3. The number of benzene rings is 1. The number of fused-ring (bicyclic) bond motifs is 1. The lowest BCUT2D eigenvalue weighted by Gasteiger charge is -2.21. The second-order valence-electron chi connectivity index (χ2n) is 10.3. The highest BCUT2D eigenvalue weighted by atomic mass is 32.1. The molecule has 6 rings (SSSR count). The fourth-order valence-electron chi connectivity index (χ4n) is 4.87. The molecule has 3 aromatic heterocycles. The summed E-state index contributed by atoms with van der Waals surface area (Å²) in [6.45, 7) is 6.38. The number of ether oxygens (including phenoxy) is 1. The highest BCUT2D eigenvalue weighted by Crippen LogP contribution is 2.49.